The van der Waals surface area contributed by atoms with E-state index < -0.39 is 18.0 Å². The number of carboxylic acid groups (broad SMARTS) is 1. The van der Waals surface area contributed by atoms with Gasteiger partial charge in [0.2, 0.25) is 5.91 Å². The van der Waals surface area contributed by atoms with Gasteiger partial charge in [0, 0.05) is 18.3 Å². The molecule has 4 N–H and O–H groups in total. The molecule has 1 aromatic carbocycles. The highest BCUT2D eigenvalue weighted by molar-refractivity contribution is 5.93. The van der Waals surface area contributed by atoms with Gasteiger partial charge in [-0.2, -0.15) is 0 Å². The number of carbonyl (C=O) groups excluding carboxylic acids is 2. The lowest BCUT2D eigenvalue weighted by molar-refractivity contribution is -0.139. The van der Waals surface area contributed by atoms with Crippen molar-refractivity contribution in [2.75, 3.05) is 10.6 Å². The fourth-order valence-electron chi connectivity index (χ4n) is 1.50. The van der Waals surface area contributed by atoms with Gasteiger partial charge in [0.25, 0.3) is 0 Å². The van der Waals surface area contributed by atoms with E-state index in [1.807, 2.05) is 0 Å². The van der Waals surface area contributed by atoms with Gasteiger partial charge in [-0.05, 0) is 30.7 Å². The van der Waals surface area contributed by atoms with Crippen LogP contribution in [0.15, 0.2) is 24.3 Å². The van der Waals surface area contributed by atoms with Crippen molar-refractivity contribution in [3.8, 4) is 0 Å². The number of carbonyl (C=O) groups is 3. The van der Waals surface area contributed by atoms with Gasteiger partial charge < -0.3 is 21.1 Å². The standard InChI is InChI=1S/C13H17N3O4/c1-3-11(12(18)19)16-13(20)15-10-6-4-9(5-7-10)14-8(2)17/h4-7,11H,3H2,1-2H3,(H,14,17)(H,18,19)(H2,15,16,20)/t11-/m1/s1. The number of benzene rings is 1. The highest BCUT2D eigenvalue weighted by Gasteiger charge is 2.17. The fourth-order valence-corrected chi connectivity index (χ4v) is 1.50. The molecule has 0 aliphatic heterocycles. The van der Waals surface area contributed by atoms with Crippen LogP contribution in [0.25, 0.3) is 0 Å². The van der Waals surface area contributed by atoms with Crippen LogP contribution in [0.1, 0.15) is 20.3 Å². The number of hydrogen-bond donors (Lipinski definition) is 4. The maximum Gasteiger partial charge on any atom is 0.326 e. The molecule has 1 atom stereocenters. The van der Waals surface area contributed by atoms with Gasteiger partial charge in [0.05, 0.1) is 0 Å². The SMILES string of the molecule is CC[C@@H](NC(=O)Nc1ccc(NC(C)=O)cc1)C(=O)O. The average Bonchev–Trinajstić information content (AvgIpc) is 2.37. The first-order valence-corrected chi connectivity index (χ1v) is 6.10. The summed E-state index contributed by atoms with van der Waals surface area (Å²) in [6, 6.07) is 4.95. The van der Waals surface area contributed by atoms with E-state index in [0.29, 0.717) is 17.8 Å². The number of rotatable bonds is 5. The molecule has 0 aliphatic rings. The predicted octanol–water partition coefficient (Wildman–Crippen LogP) is 1.63. The molecule has 0 fully saturated rings. The van der Waals surface area contributed by atoms with Gasteiger partial charge in [-0.15, -0.1) is 0 Å². The van der Waals surface area contributed by atoms with Crippen LogP contribution in [-0.2, 0) is 9.59 Å². The lowest BCUT2D eigenvalue weighted by atomic mass is 10.2. The quantitative estimate of drug-likeness (QED) is 0.657. The summed E-state index contributed by atoms with van der Waals surface area (Å²) in [7, 11) is 0. The van der Waals surface area contributed by atoms with Crippen LogP contribution in [0.4, 0.5) is 16.2 Å². The van der Waals surface area contributed by atoms with E-state index in [-0.39, 0.29) is 5.91 Å². The van der Waals surface area contributed by atoms with E-state index in [9.17, 15) is 14.4 Å². The van der Waals surface area contributed by atoms with E-state index in [0.717, 1.165) is 0 Å². The molecule has 108 valence electrons. The maximum absolute atomic E-state index is 11.6. The third-order valence-electron chi connectivity index (χ3n) is 2.47. The first-order valence-electron chi connectivity index (χ1n) is 6.10. The van der Waals surface area contributed by atoms with E-state index >= 15 is 0 Å². The zero-order valence-electron chi connectivity index (χ0n) is 11.3. The molecule has 0 aromatic heterocycles. The lowest BCUT2D eigenvalue weighted by Crippen LogP contribution is -2.42. The number of amides is 3. The highest BCUT2D eigenvalue weighted by Crippen LogP contribution is 2.13. The van der Waals surface area contributed by atoms with E-state index in [1.54, 1.807) is 31.2 Å². The van der Waals surface area contributed by atoms with Gasteiger partial charge in [-0.25, -0.2) is 9.59 Å². The molecular formula is C13H17N3O4. The number of anilines is 2. The van der Waals surface area contributed by atoms with Gasteiger partial charge >= 0.3 is 12.0 Å². The Kier molecular flexibility index (Phi) is 5.52. The molecule has 0 aliphatic carbocycles. The van der Waals surface area contributed by atoms with Crippen molar-refractivity contribution in [2.24, 2.45) is 0 Å². The van der Waals surface area contributed by atoms with Crippen molar-refractivity contribution in [1.82, 2.24) is 5.32 Å². The van der Waals surface area contributed by atoms with E-state index in [4.69, 9.17) is 5.11 Å². The molecule has 0 bridgehead atoms. The average molecular weight is 279 g/mol. The Morgan fingerprint density at radius 1 is 1.10 bits per heavy atom. The second-order valence-electron chi connectivity index (χ2n) is 4.16. The van der Waals surface area contributed by atoms with Crippen molar-refractivity contribution < 1.29 is 19.5 Å². The third-order valence-corrected chi connectivity index (χ3v) is 2.47. The van der Waals surface area contributed by atoms with Crippen LogP contribution < -0.4 is 16.0 Å². The second kappa shape index (κ2) is 7.13. The third kappa shape index (κ3) is 4.97. The topological polar surface area (TPSA) is 108 Å². The summed E-state index contributed by atoms with van der Waals surface area (Å²) in [5.41, 5.74) is 1.11. The molecule has 1 rings (SSSR count). The number of aliphatic carboxylic acids is 1. The van der Waals surface area contributed by atoms with Crippen LogP contribution in [0, 0.1) is 0 Å². The Hall–Kier alpha value is -2.57. The van der Waals surface area contributed by atoms with Crippen LogP contribution in [-0.4, -0.2) is 29.1 Å². The smallest absolute Gasteiger partial charge is 0.326 e. The molecule has 20 heavy (non-hydrogen) atoms. The zero-order chi connectivity index (χ0) is 15.1. The number of hydrogen-bond acceptors (Lipinski definition) is 3. The van der Waals surface area contributed by atoms with Crippen molar-refractivity contribution in [1.29, 1.82) is 0 Å². The molecule has 1 aromatic rings. The number of carboxylic acids is 1. The molecule has 3 amide bonds. The Bertz CT molecular complexity index is 499. The molecular weight excluding hydrogens is 262 g/mol. The minimum atomic E-state index is -1.08. The normalized spacial score (nSPS) is 11.3. The van der Waals surface area contributed by atoms with Crippen molar-refractivity contribution in [2.45, 2.75) is 26.3 Å². The van der Waals surface area contributed by atoms with Crippen LogP contribution in [0.3, 0.4) is 0 Å². The second-order valence-corrected chi connectivity index (χ2v) is 4.16. The fraction of sp³-hybridized carbons (Fsp3) is 0.308. The zero-order valence-corrected chi connectivity index (χ0v) is 11.3. The summed E-state index contributed by atoms with van der Waals surface area (Å²) >= 11 is 0. The monoisotopic (exact) mass is 279 g/mol. The Balaban J connectivity index is 2.58. The summed E-state index contributed by atoms with van der Waals surface area (Å²) in [5.74, 6) is -1.26. The minimum Gasteiger partial charge on any atom is -0.480 e. The summed E-state index contributed by atoms with van der Waals surface area (Å²) in [6.07, 6.45) is 0.296. The molecule has 0 radical (unpaired) electrons. The number of nitrogens with one attached hydrogen (secondary N) is 3. The van der Waals surface area contributed by atoms with Crippen LogP contribution >= 0.6 is 0 Å². The molecule has 0 saturated carbocycles. The molecule has 7 heteroatoms. The molecule has 7 nitrogen and oxygen atoms in total. The molecule has 0 saturated heterocycles. The first kappa shape index (κ1) is 15.5. The van der Waals surface area contributed by atoms with Crippen molar-refractivity contribution >= 4 is 29.3 Å². The van der Waals surface area contributed by atoms with E-state index in [2.05, 4.69) is 16.0 Å². The van der Waals surface area contributed by atoms with Gasteiger partial charge in [0.1, 0.15) is 6.04 Å². The van der Waals surface area contributed by atoms with Gasteiger partial charge in [-0.1, -0.05) is 6.92 Å². The van der Waals surface area contributed by atoms with Crippen molar-refractivity contribution in [3.05, 3.63) is 24.3 Å². The van der Waals surface area contributed by atoms with Crippen molar-refractivity contribution in [3.63, 3.8) is 0 Å². The summed E-state index contributed by atoms with van der Waals surface area (Å²) in [4.78, 5) is 33.2. The van der Waals surface area contributed by atoms with Crippen LogP contribution in [0.5, 0.6) is 0 Å². The Labute approximate surface area is 116 Å². The highest BCUT2D eigenvalue weighted by atomic mass is 16.4. The number of urea groups is 1. The van der Waals surface area contributed by atoms with E-state index in [1.165, 1.54) is 6.92 Å². The van der Waals surface area contributed by atoms with Crippen LogP contribution in [0.2, 0.25) is 0 Å². The largest absolute Gasteiger partial charge is 0.480 e. The summed E-state index contributed by atoms with van der Waals surface area (Å²) in [5, 5.41) is 16.3. The first-order chi connectivity index (χ1) is 9.42. The van der Waals surface area contributed by atoms with Gasteiger partial charge in [-0.3, -0.25) is 4.79 Å². The maximum atomic E-state index is 11.6. The molecule has 0 heterocycles. The molecule has 0 unspecified atom stereocenters. The minimum absolute atomic E-state index is 0.185. The lowest BCUT2D eigenvalue weighted by Gasteiger charge is -2.13. The Morgan fingerprint density at radius 3 is 2.00 bits per heavy atom. The van der Waals surface area contributed by atoms with Gasteiger partial charge in [0.15, 0.2) is 0 Å². The Morgan fingerprint density at radius 2 is 1.60 bits per heavy atom. The predicted molar refractivity (Wildman–Crippen MR) is 74.6 cm³/mol. The molecule has 0 spiro atoms. The summed E-state index contributed by atoms with van der Waals surface area (Å²) in [6.45, 7) is 3.07. The summed E-state index contributed by atoms with van der Waals surface area (Å²) < 4.78 is 0.